The third kappa shape index (κ3) is 4.48. The molecule has 1 aliphatic heterocycles. The van der Waals surface area contributed by atoms with Crippen molar-refractivity contribution in [2.45, 2.75) is 32.5 Å². The summed E-state index contributed by atoms with van der Waals surface area (Å²) < 4.78 is 35.7. The molecule has 0 saturated carbocycles. The molecule has 0 aromatic carbocycles. The molecule has 1 saturated heterocycles. The van der Waals surface area contributed by atoms with Crippen molar-refractivity contribution < 1.29 is 26.9 Å². The highest BCUT2D eigenvalue weighted by atomic mass is 32.2. The SMILES string of the molecule is CC(C)(C)OC(=O)OC1COS(=O)(=O)C1. The summed E-state index contributed by atoms with van der Waals surface area (Å²) in [5.41, 5.74) is -0.657. The predicted octanol–water partition coefficient (Wildman–Crippen LogP) is 0.667. The summed E-state index contributed by atoms with van der Waals surface area (Å²) in [5, 5.41) is 0. The van der Waals surface area contributed by atoms with Crippen molar-refractivity contribution in [2.24, 2.45) is 0 Å². The summed E-state index contributed by atoms with van der Waals surface area (Å²) in [4.78, 5) is 11.1. The predicted molar refractivity (Wildman–Crippen MR) is 50.8 cm³/mol. The van der Waals surface area contributed by atoms with Crippen molar-refractivity contribution in [1.82, 2.24) is 0 Å². The van der Waals surface area contributed by atoms with Gasteiger partial charge in [-0.2, -0.15) is 8.42 Å². The van der Waals surface area contributed by atoms with E-state index in [0.29, 0.717) is 0 Å². The molecule has 0 bridgehead atoms. The Hall–Kier alpha value is -0.820. The molecule has 1 atom stereocenters. The zero-order valence-electron chi connectivity index (χ0n) is 8.85. The average Bonchev–Trinajstić information content (AvgIpc) is 2.25. The van der Waals surface area contributed by atoms with Crippen LogP contribution >= 0.6 is 0 Å². The lowest BCUT2D eigenvalue weighted by molar-refractivity contribution is -0.0256. The smallest absolute Gasteiger partial charge is 0.429 e. The van der Waals surface area contributed by atoms with Gasteiger partial charge in [0.15, 0.2) is 0 Å². The van der Waals surface area contributed by atoms with Crippen molar-refractivity contribution in [1.29, 1.82) is 0 Å². The van der Waals surface area contributed by atoms with E-state index in [-0.39, 0.29) is 12.4 Å². The lowest BCUT2D eigenvalue weighted by Gasteiger charge is -2.19. The van der Waals surface area contributed by atoms with E-state index < -0.39 is 28.0 Å². The van der Waals surface area contributed by atoms with Gasteiger partial charge >= 0.3 is 6.16 Å². The van der Waals surface area contributed by atoms with Crippen molar-refractivity contribution >= 4 is 16.3 Å². The molecule has 0 N–H and O–H groups in total. The van der Waals surface area contributed by atoms with E-state index in [4.69, 9.17) is 9.47 Å². The highest BCUT2D eigenvalue weighted by Gasteiger charge is 2.33. The van der Waals surface area contributed by atoms with E-state index in [1.807, 2.05) is 0 Å². The third-order valence-electron chi connectivity index (χ3n) is 1.48. The second-order valence-electron chi connectivity index (χ2n) is 4.21. The van der Waals surface area contributed by atoms with Crippen LogP contribution < -0.4 is 0 Å². The van der Waals surface area contributed by atoms with Crippen molar-refractivity contribution in [3.05, 3.63) is 0 Å². The number of ether oxygens (including phenoxy) is 2. The number of rotatable bonds is 1. The van der Waals surface area contributed by atoms with Crippen LogP contribution in [0.1, 0.15) is 20.8 Å². The molecule has 0 aromatic rings. The van der Waals surface area contributed by atoms with E-state index in [0.717, 1.165) is 0 Å². The summed E-state index contributed by atoms with van der Waals surface area (Å²) in [7, 11) is -3.52. The molecular weight excluding hydrogens is 224 g/mol. The molecule has 0 radical (unpaired) electrons. The zero-order valence-corrected chi connectivity index (χ0v) is 9.67. The van der Waals surface area contributed by atoms with Gasteiger partial charge in [0.1, 0.15) is 24.1 Å². The van der Waals surface area contributed by atoms with Gasteiger partial charge in [0.05, 0.1) is 0 Å². The first kappa shape index (κ1) is 12.3. The summed E-state index contributed by atoms with van der Waals surface area (Å²) in [5.74, 6) is -0.313. The Morgan fingerprint density at radius 2 is 2.00 bits per heavy atom. The second kappa shape index (κ2) is 3.97. The van der Waals surface area contributed by atoms with Crippen LogP contribution in [-0.4, -0.2) is 38.6 Å². The summed E-state index contributed by atoms with van der Waals surface area (Å²) >= 11 is 0. The van der Waals surface area contributed by atoms with Gasteiger partial charge in [0.2, 0.25) is 0 Å². The minimum atomic E-state index is -3.52. The van der Waals surface area contributed by atoms with Crippen molar-refractivity contribution in [2.75, 3.05) is 12.4 Å². The molecule has 0 aliphatic carbocycles. The van der Waals surface area contributed by atoms with E-state index >= 15 is 0 Å². The second-order valence-corrected chi connectivity index (χ2v) is 5.90. The first-order valence-electron chi connectivity index (χ1n) is 4.45. The first-order valence-corrected chi connectivity index (χ1v) is 6.02. The summed E-state index contributed by atoms with van der Waals surface area (Å²) in [6.45, 7) is 4.93. The Morgan fingerprint density at radius 1 is 1.40 bits per heavy atom. The number of hydrogen-bond acceptors (Lipinski definition) is 6. The molecule has 1 rings (SSSR count). The van der Waals surface area contributed by atoms with Crippen molar-refractivity contribution in [3.8, 4) is 0 Å². The fourth-order valence-corrected chi connectivity index (χ4v) is 2.06. The lowest BCUT2D eigenvalue weighted by Crippen LogP contribution is -2.29. The monoisotopic (exact) mass is 238 g/mol. The van der Waals surface area contributed by atoms with Crippen LogP contribution in [0.25, 0.3) is 0 Å². The highest BCUT2D eigenvalue weighted by Crippen LogP contribution is 2.14. The maximum atomic E-state index is 11.1. The fraction of sp³-hybridized carbons (Fsp3) is 0.875. The largest absolute Gasteiger partial charge is 0.509 e. The molecule has 0 aromatic heterocycles. The van der Waals surface area contributed by atoms with Crippen LogP contribution in [0.15, 0.2) is 0 Å². The standard InChI is InChI=1S/C8H14O6S/c1-8(2,3)14-7(9)13-6-4-12-15(10,11)5-6/h6H,4-5H2,1-3H3. The number of carbonyl (C=O) groups is 1. The van der Waals surface area contributed by atoms with E-state index in [2.05, 4.69) is 4.18 Å². The molecule has 6 nitrogen and oxygen atoms in total. The van der Waals surface area contributed by atoms with Gasteiger partial charge < -0.3 is 9.47 Å². The minimum absolute atomic E-state index is 0.137. The van der Waals surface area contributed by atoms with Crippen LogP contribution in [-0.2, 0) is 23.8 Å². The molecular formula is C8H14O6S. The topological polar surface area (TPSA) is 78.9 Å². The summed E-state index contributed by atoms with van der Waals surface area (Å²) in [6, 6.07) is 0. The highest BCUT2D eigenvalue weighted by molar-refractivity contribution is 7.87. The normalized spacial score (nSPS) is 24.9. The van der Waals surface area contributed by atoms with E-state index in [1.165, 1.54) is 0 Å². The minimum Gasteiger partial charge on any atom is -0.429 e. The van der Waals surface area contributed by atoms with Crippen LogP contribution in [0.2, 0.25) is 0 Å². The molecule has 1 unspecified atom stereocenters. The Morgan fingerprint density at radius 3 is 2.40 bits per heavy atom. The van der Waals surface area contributed by atoms with Crippen LogP contribution in [0.3, 0.4) is 0 Å². The van der Waals surface area contributed by atoms with Gasteiger partial charge in [0.25, 0.3) is 10.1 Å². The average molecular weight is 238 g/mol. The number of carbonyl (C=O) groups excluding carboxylic acids is 1. The molecule has 1 heterocycles. The van der Waals surface area contributed by atoms with E-state index in [9.17, 15) is 13.2 Å². The molecule has 15 heavy (non-hydrogen) atoms. The lowest BCUT2D eigenvalue weighted by atomic mass is 10.2. The zero-order chi connectivity index (χ0) is 11.7. The molecule has 88 valence electrons. The van der Waals surface area contributed by atoms with Gasteiger partial charge in [0, 0.05) is 0 Å². The molecule has 1 fully saturated rings. The first-order chi connectivity index (χ1) is 6.68. The van der Waals surface area contributed by atoms with Gasteiger partial charge in [-0.05, 0) is 20.8 Å². The van der Waals surface area contributed by atoms with Crippen LogP contribution in [0, 0.1) is 0 Å². The Bertz CT molecular complexity index is 339. The Balaban J connectivity index is 2.41. The molecule has 0 amide bonds. The van der Waals surface area contributed by atoms with Gasteiger partial charge in [-0.3, -0.25) is 4.18 Å². The van der Waals surface area contributed by atoms with Gasteiger partial charge in [-0.15, -0.1) is 0 Å². The maximum absolute atomic E-state index is 11.1. The van der Waals surface area contributed by atoms with E-state index in [1.54, 1.807) is 20.8 Å². The third-order valence-corrected chi connectivity index (χ3v) is 2.75. The maximum Gasteiger partial charge on any atom is 0.509 e. The Kier molecular flexibility index (Phi) is 3.25. The fourth-order valence-electron chi connectivity index (χ4n) is 0.982. The Labute approximate surface area is 88.6 Å². The quantitative estimate of drug-likeness (QED) is 0.493. The van der Waals surface area contributed by atoms with Gasteiger partial charge in [-0.1, -0.05) is 0 Å². The molecule has 0 spiro atoms. The summed E-state index contributed by atoms with van der Waals surface area (Å²) in [6.07, 6.45) is -1.65. The van der Waals surface area contributed by atoms with Gasteiger partial charge in [-0.25, -0.2) is 4.79 Å². The van der Waals surface area contributed by atoms with Crippen LogP contribution in [0.4, 0.5) is 4.79 Å². The molecule has 1 aliphatic rings. The number of hydrogen-bond donors (Lipinski definition) is 0. The molecule has 7 heteroatoms. The van der Waals surface area contributed by atoms with Crippen molar-refractivity contribution in [3.63, 3.8) is 0 Å². The van der Waals surface area contributed by atoms with Crippen LogP contribution in [0.5, 0.6) is 0 Å².